The number of nitrogens with zero attached hydrogens (tertiary/aromatic N) is 2. The van der Waals surface area contributed by atoms with Crippen LogP contribution in [0.3, 0.4) is 0 Å². The van der Waals surface area contributed by atoms with Gasteiger partial charge < -0.3 is 15.7 Å². The highest BCUT2D eigenvalue weighted by Gasteiger charge is 2.23. The maximum atomic E-state index is 12.2. The molecule has 10 heteroatoms. The number of hydrogen-bond acceptors (Lipinski definition) is 6. The molecule has 0 amide bonds. The van der Waals surface area contributed by atoms with Crippen molar-refractivity contribution in [1.82, 2.24) is 15.5 Å². The fourth-order valence-electron chi connectivity index (χ4n) is 3.12. The Kier molecular flexibility index (Phi) is 11.1. The van der Waals surface area contributed by atoms with Crippen LogP contribution >= 0.6 is 35.3 Å². The van der Waals surface area contributed by atoms with E-state index in [1.165, 1.54) is 12.8 Å². The molecule has 0 bridgehead atoms. The number of aliphatic hydroxyl groups excluding tert-OH is 1. The third kappa shape index (κ3) is 7.84. The SMILES string of the molecule is CCNC(=NCC(O)CS(=O)(=O)c1cccs1)NCC1CCCN1CC.I. The predicted molar refractivity (Wildman–Crippen MR) is 122 cm³/mol. The van der Waals surface area contributed by atoms with Crippen molar-refractivity contribution < 1.29 is 13.5 Å². The Labute approximate surface area is 183 Å². The second kappa shape index (κ2) is 12.2. The molecule has 1 saturated heterocycles. The first kappa shape index (κ1) is 24.6. The van der Waals surface area contributed by atoms with Crippen molar-refractivity contribution in [1.29, 1.82) is 0 Å². The molecule has 1 aromatic rings. The van der Waals surface area contributed by atoms with Crippen molar-refractivity contribution in [2.24, 2.45) is 4.99 Å². The highest BCUT2D eigenvalue weighted by molar-refractivity contribution is 14.0. The zero-order valence-electron chi connectivity index (χ0n) is 15.9. The van der Waals surface area contributed by atoms with E-state index in [2.05, 4.69) is 27.4 Å². The van der Waals surface area contributed by atoms with E-state index >= 15 is 0 Å². The fourth-order valence-corrected chi connectivity index (χ4v) is 5.59. The molecule has 156 valence electrons. The van der Waals surface area contributed by atoms with Gasteiger partial charge in [-0.1, -0.05) is 13.0 Å². The van der Waals surface area contributed by atoms with Crippen molar-refractivity contribution in [3.05, 3.63) is 17.5 Å². The number of rotatable bonds is 9. The molecule has 1 fully saturated rings. The molecule has 0 aliphatic carbocycles. The topological polar surface area (TPSA) is 94.0 Å². The standard InChI is InChI=1S/C17H30N4O3S2.HI/c1-3-18-17(19-11-14-7-5-9-21(14)4-2)20-12-15(22)13-26(23,24)16-8-6-10-25-16;/h6,8,10,14-15,22H,3-5,7,9,11-13H2,1-2H3,(H2,18,19,20);1H. The molecule has 2 unspecified atom stereocenters. The quantitative estimate of drug-likeness (QED) is 0.255. The summed E-state index contributed by atoms with van der Waals surface area (Å²) in [6.45, 7) is 7.86. The van der Waals surface area contributed by atoms with Gasteiger partial charge in [-0.2, -0.15) is 0 Å². The summed E-state index contributed by atoms with van der Waals surface area (Å²) in [4.78, 5) is 6.80. The van der Waals surface area contributed by atoms with Crippen LogP contribution in [0, 0.1) is 0 Å². The number of guanidine groups is 1. The van der Waals surface area contributed by atoms with Gasteiger partial charge in [-0.15, -0.1) is 35.3 Å². The van der Waals surface area contributed by atoms with Crippen LogP contribution in [0.5, 0.6) is 0 Å². The zero-order valence-corrected chi connectivity index (χ0v) is 19.9. The normalized spacial score (nSPS) is 19.5. The minimum Gasteiger partial charge on any atom is -0.390 e. The van der Waals surface area contributed by atoms with Crippen LogP contribution in [0.1, 0.15) is 26.7 Å². The number of thiophene rings is 1. The highest BCUT2D eigenvalue weighted by atomic mass is 127. The number of hydrogen-bond donors (Lipinski definition) is 3. The number of aliphatic imine (C=N–C) groups is 1. The molecule has 1 aliphatic heterocycles. The minimum atomic E-state index is -3.46. The van der Waals surface area contributed by atoms with Gasteiger partial charge in [0.1, 0.15) is 4.21 Å². The maximum Gasteiger partial charge on any atom is 0.191 e. The molecule has 2 heterocycles. The Balaban J connectivity index is 0.00000364. The smallest absolute Gasteiger partial charge is 0.191 e. The van der Waals surface area contributed by atoms with Gasteiger partial charge in [0.25, 0.3) is 0 Å². The number of likely N-dealkylation sites (tertiary alicyclic amines) is 1. The lowest BCUT2D eigenvalue weighted by Gasteiger charge is -2.24. The number of likely N-dealkylation sites (N-methyl/N-ethyl adjacent to an activating group) is 1. The van der Waals surface area contributed by atoms with Crippen LogP contribution in [0.25, 0.3) is 0 Å². The van der Waals surface area contributed by atoms with Crippen molar-refractivity contribution in [2.75, 3.05) is 38.5 Å². The van der Waals surface area contributed by atoms with E-state index in [9.17, 15) is 13.5 Å². The minimum absolute atomic E-state index is 0. The first-order chi connectivity index (χ1) is 12.5. The first-order valence-electron chi connectivity index (χ1n) is 9.16. The van der Waals surface area contributed by atoms with Crippen LogP contribution in [0.4, 0.5) is 0 Å². The number of sulfone groups is 1. The van der Waals surface area contributed by atoms with Crippen LogP contribution < -0.4 is 10.6 Å². The summed E-state index contributed by atoms with van der Waals surface area (Å²) in [5.74, 6) is 0.297. The van der Waals surface area contributed by atoms with E-state index in [1.807, 2.05) is 6.92 Å². The summed E-state index contributed by atoms with van der Waals surface area (Å²) in [5, 5.41) is 18.3. The van der Waals surface area contributed by atoms with E-state index in [4.69, 9.17) is 0 Å². The van der Waals surface area contributed by atoms with Gasteiger partial charge in [0, 0.05) is 19.1 Å². The molecule has 1 aliphatic rings. The summed E-state index contributed by atoms with van der Waals surface area (Å²) in [5.41, 5.74) is 0. The van der Waals surface area contributed by atoms with Crippen molar-refractivity contribution >= 4 is 51.1 Å². The van der Waals surface area contributed by atoms with Gasteiger partial charge in [-0.3, -0.25) is 9.89 Å². The van der Waals surface area contributed by atoms with Crippen LogP contribution in [0.2, 0.25) is 0 Å². The van der Waals surface area contributed by atoms with Gasteiger partial charge in [0.15, 0.2) is 15.8 Å². The van der Waals surface area contributed by atoms with E-state index in [0.29, 0.717) is 18.5 Å². The molecule has 2 atom stereocenters. The first-order valence-corrected chi connectivity index (χ1v) is 11.7. The molecule has 3 N–H and O–H groups in total. The summed E-state index contributed by atoms with van der Waals surface area (Å²) < 4.78 is 24.7. The average molecular weight is 530 g/mol. The Bertz CT molecular complexity index is 668. The second-order valence-electron chi connectivity index (χ2n) is 6.39. The highest BCUT2D eigenvalue weighted by Crippen LogP contribution is 2.18. The van der Waals surface area contributed by atoms with Crippen LogP contribution in [0.15, 0.2) is 26.7 Å². The van der Waals surface area contributed by atoms with Crippen LogP contribution in [-0.4, -0.2) is 75.0 Å². The molecule has 1 aromatic heterocycles. The molecule has 7 nitrogen and oxygen atoms in total. The third-order valence-electron chi connectivity index (χ3n) is 4.43. The lowest BCUT2D eigenvalue weighted by Crippen LogP contribution is -2.45. The molecule has 0 saturated carbocycles. The van der Waals surface area contributed by atoms with E-state index < -0.39 is 15.9 Å². The van der Waals surface area contributed by atoms with Crippen molar-refractivity contribution in [2.45, 2.75) is 43.0 Å². The lowest BCUT2D eigenvalue weighted by atomic mass is 10.2. The van der Waals surface area contributed by atoms with E-state index in [0.717, 1.165) is 31.0 Å². The monoisotopic (exact) mass is 530 g/mol. The van der Waals surface area contributed by atoms with Gasteiger partial charge >= 0.3 is 0 Å². The van der Waals surface area contributed by atoms with Gasteiger partial charge in [-0.25, -0.2) is 8.42 Å². The molecule has 0 radical (unpaired) electrons. The van der Waals surface area contributed by atoms with Crippen LogP contribution in [-0.2, 0) is 9.84 Å². The average Bonchev–Trinajstić information content (AvgIpc) is 3.28. The Hall–Kier alpha value is -0.430. The largest absolute Gasteiger partial charge is 0.390 e. The lowest BCUT2D eigenvalue weighted by molar-refractivity contribution is 0.206. The molecule has 27 heavy (non-hydrogen) atoms. The Morgan fingerprint density at radius 2 is 2.22 bits per heavy atom. The van der Waals surface area contributed by atoms with Crippen molar-refractivity contribution in [3.8, 4) is 0 Å². The van der Waals surface area contributed by atoms with E-state index in [-0.39, 0.29) is 40.5 Å². The Morgan fingerprint density at radius 3 is 2.85 bits per heavy atom. The van der Waals surface area contributed by atoms with Gasteiger partial charge in [-0.05, 0) is 44.3 Å². The number of nitrogens with one attached hydrogen (secondary N) is 2. The summed E-state index contributed by atoms with van der Waals surface area (Å²) in [6.07, 6.45) is 1.35. The van der Waals surface area contributed by atoms with Gasteiger partial charge in [0.05, 0.1) is 18.4 Å². The summed E-state index contributed by atoms with van der Waals surface area (Å²) >= 11 is 1.16. The predicted octanol–water partition coefficient (Wildman–Crippen LogP) is 1.54. The molecule has 0 aromatic carbocycles. The molecular formula is C17H31IN4O3S2. The summed E-state index contributed by atoms with van der Waals surface area (Å²) in [7, 11) is -3.46. The number of aliphatic hydroxyl groups is 1. The molecule has 0 spiro atoms. The fraction of sp³-hybridized carbons (Fsp3) is 0.706. The zero-order chi connectivity index (χ0) is 19.0. The van der Waals surface area contributed by atoms with Gasteiger partial charge in [0.2, 0.25) is 0 Å². The number of halogens is 1. The molecule has 2 rings (SSSR count). The van der Waals surface area contributed by atoms with E-state index in [1.54, 1.807) is 17.5 Å². The molecular weight excluding hydrogens is 499 g/mol. The second-order valence-corrected chi connectivity index (χ2v) is 9.60. The van der Waals surface area contributed by atoms with Crippen molar-refractivity contribution in [3.63, 3.8) is 0 Å². The summed E-state index contributed by atoms with van der Waals surface area (Å²) in [6, 6.07) is 3.74. The Morgan fingerprint density at radius 1 is 1.44 bits per heavy atom. The maximum absolute atomic E-state index is 12.2. The third-order valence-corrected chi connectivity index (χ3v) is 7.71.